The standard InChI is InChI=1S/C33H32Cl2N4O3/c1-19-12-24-14-25(41-18-26-31(38-42-32(26)21-10-11-21)30-27(34)8-5-9-28(30)35)15-29(19)39(24)33(40)37-23-13-22(16-36-17-23)20-6-3-2-4-7-20/h2-9,13,16-17,19,21,24-25,29H,10-12,14-15,18H2,1H3,(H,37,40)/t19-,24?,25+,29?/m1/s1. The van der Waals surface area contributed by atoms with Crippen molar-refractivity contribution < 1.29 is 14.1 Å². The molecule has 2 aromatic carbocycles. The predicted octanol–water partition coefficient (Wildman–Crippen LogP) is 8.58. The molecular weight excluding hydrogens is 571 g/mol. The Morgan fingerprint density at radius 1 is 1.02 bits per heavy atom. The topological polar surface area (TPSA) is 80.5 Å². The fraction of sp³-hybridized carbons (Fsp3) is 0.364. The lowest BCUT2D eigenvalue weighted by atomic mass is 9.97. The minimum absolute atomic E-state index is 0.0218. The molecule has 3 fully saturated rings. The van der Waals surface area contributed by atoms with Crippen molar-refractivity contribution in [3.8, 4) is 22.4 Å². The number of hydrogen-bond acceptors (Lipinski definition) is 5. The Labute approximate surface area is 255 Å². The number of amides is 2. The Morgan fingerprint density at radius 3 is 2.55 bits per heavy atom. The number of hydrogen-bond donors (Lipinski definition) is 1. The smallest absolute Gasteiger partial charge is 0.322 e. The van der Waals surface area contributed by atoms with Crippen molar-refractivity contribution in [2.45, 2.75) is 69.7 Å². The van der Waals surface area contributed by atoms with Crippen LogP contribution in [0.4, 0.5) is 10.5 Å². The molecule has 0 radical (unpaired) electrons. The minimum Gasteiger partial charge on any atom is -0.373 e. The summed E-state index contributed by atoms with van der Waals surface area (Å²) in [5, 5.41) is 8.59. The van der Waals surface area contributed by atoms with Crippen LogP contribution in [-0.2, 0) is 11.3 Å². The van der Waals surface area contributed by atoms with E-state index in [-0.39, 0.29) is 24.2 Å². The van der Waals surface area contributed by atoms with Gasteiger partial charge in [0.05, 0.1) is 34.6 Å². The summed E-state index contributed by atoms with van der Waals surface area (Å²) in [5.41, 5.74) is 4.99. The lowest BCUT2D eigenvalue weighted by Gasteiger charge is -2.39. The first kappa shape index (κ1) is 27.4. The molecule has 2 aliphatic heterocycles. The van der Waals surface area contributed by atoms with Crippen LogP contribution in [0.1, 0.15) is 56.3 Å². The number of halogens is 2. The van der Waals surface area contributed by atoms with E-state index in [1.54, 1.807) is 6.20 Å². The van der Waals surface area contributed by atoms with Crippen molar-refractivity contribution in [2.24, 2.45) is 5.92 Å². The quantitative estimate of drug-likeness (QED) is 0.229. The number of carbonyl (C=O) groups is 1. The summed E-state index contributed by atoms with van der Waals surface area (Å²) in [6.45, 7) is 2.60. The van der Waals surface area contributed by atoms with Gasteiger partial charge in [0.2, 0.25) is 0 Å². The summed E-state index contributed by atoms with van der Waals surface area (Å²) in [4.78, 5) is 20.0. The van der Waals surface area contributed by atoms with Crippen molar-refractivity contribution in [1.29, 1.82) is 0 Å². The molecule has 2 bridgehead atoms. The van der Waals surface area contributed by atoms with Gasteiger partial charge in [-0.15, -0.1) is 0 Å². The minimum atomic E-state index is -0.0782. The van der Waals surface area contributed by atoms with E-state index in [1.807, 2.05) is 65.7 Å². The fourth-order valence-corrected chi connectivity index (χ4v) is 7.23. The Kier molecular flexibility index (Phi) is 7.42. The van der Waals surface area contributed by atoms with Crippen LogP contribution in [0.5, 0.6) is 0 Å². The summed E-state index contributed by atoms with van der Waals surface area (Å²) in [5.74, 6) is 1.63. The zero-order valence-corrected chi connectivity index (χ0v) is 24.8. The molecule has 9 heteroatoms. The van der Waals surface area contributed by atoms with Crippen LogP contribution < -0.4 is 5.32 Å². The molecule has 4 heterocycles. The number of aromatic nitrogens is 2. The van der Waals surface area contributed by atoms with Gasteiger partial charge < -0.3 is 19.5 Å². The third kappa shape index (κ3) is 5.30. The number of nitrogens with zero attached hydrogens (tertiary/aromatic N) is 3. The van der Waals surface area contributed by atoms with Crippen molar-refractivity contribution in [3.05, 3.63) is 88.4 Å². The monoisotopic (exact) mass is 602 g/mol. The number of urea groups is 1. The second-order valence-electron chi connectivity index (χ2n) is 11.7. The van der Waals surface area contributed by atoms with Gasteiger partial charge in [0.1, 0.15) is 11.5 Å². The molecule has 42 heavy (non-hydrogen) atoms. The van der Waals surface area contributed by atoms with Gasteiger partial charge in [0, 0.05) is 40.9 Å². The van der Waals surface area contributed by atoms with E-state index in [0.29, 0.717) is 45.4 Å². The summed E-state index contributed by atoms with van der Waals surface area (Å²) < 4.78 is 12.4. The highest BCUT2D eigenvalue weighted by atomic mass is 35.5. The number of piperidine rings is 1. The molecule has 4 aromatic rings. The lowest BCUT2D eigenvalue weighted by Crippen LogP contribution is -2.51. The highest BCUT2D eigenvalue weighted by Gasteiger charge is 2.47. The van der Waals surface area contributed by atoms with Gasteiger partial charge in [-0.3, -0.25) is 4.98 Å². The average molecular weight is 604 g/mol. The van der Waals surface area contributed by atoms with Gasteiger partial charge in [-0.2, -0.15) is 0 Å². The Morgan fingerprint density at radius 2 is 1.81 bits per heavy atom. The maximum absolute atomic E-state index is 13.6. The Hall–Kier alpha value is -3.39. The molecule has 2 saturated heterocycles. The van der Waals surface area contributed by atoms with Crippen molar-refractivity contribution in [2.75, 3.05) is 5.32 Å². The summed E-state index contributed by atoms with van der Waals surface area (Å²) in [6, 6.07) is 17.6. The summed E-state index contributed by atoms with van der Waals surface area (Å²) >= 11 is 13.1. The maximum atomic E-state index is 13.6. The summed E-state index contributed by atoms with van der Waals surface area (Å²) in [7, 11) is 0. The number of carbonyl (C=O) groups excluding carboxylic acids is 1. The van der Waals surface area contributed by atoms with E-state index < -0.39 is 0 Å². The highest BCUT2D eigenvalue weighted by molar-refractivity contribution is 6.39. The third-order valence-corrected chi connectivity index (χ3v) is 9.48. The molecule has 7 rings (SSSR count). The number of ether oxygens (including phenoxy) is 1. The van der Waals surface area contributed by atoms with E-state index in [4.69, 9.17) is 32.5 Å². The number of rotatable bonds is 7. The van der Waals surface area contributed by atoms with Crippen molar-refractivity contribution >= 4 is 34.9 Å². The third-order valence-electron chi connectivity index (χ3n) is 8.85. The highest BCUT2D eigenvalue weighted by Crippen LogP contribution is 2.47. The number of fused-ring (bicyclic) bond motifs is 2. The van der Waals surface area contributed by atoms with E-state index in [2.05, 4.69) is 22.4 Å². The Balaban J connectivity index is 1.05. The SMILES string of the molecule is C[C@@H]1CC2C[C@H](OCc3c(-c4c(Cl)cccc4Cl)noc3C3CC3)CC1N2C(=O)Nc1cncc(-c2ccccc2)c1. The van der Waals surface area contributed by atoms with Gasteiger partial charge in [-0.05, 0) is 61.8 Å². The first-order chi connectivity index (χ1) is 20.5. The normalized spacial score (nSPS) is 23.3. The molecular formula is C33H32Cl2N4O3. The molecule has 2 amide bonds. The van der Waals surface area contributed by atoms with Crippen LogP contribution in [0.15, 0.2) is 71.5 Å². The largest absolute Gasteiger partial charge is 0.373 e. The zero-order valence-electron chi connectivity index (χ0n) is 23.3. The molecule has 1 N–H and O–H groups in total. The maximum Gasteiger partial charge on any atom is 0.322 e. The number of pyridine rings is 1. The van der Waals surface area contributed by atoms with Crippen molar-refractivity contribution in [1.82, 2.24) is 15.0 Å². The Bertz CT molecular complexity index is 1590. The fourth-order valence-electron chi connectivity index (χ4n) is 6.66. The molecule has 1 aliphatic carbocycles. The predicted molar refractivity (Wildman–Crippen MR) is 164 cm³/mol. The molecule has 3 aliphatic rings. The molecule has 4 atom stereocenters. The molecule has 2 unspecified atom stereocenters. The van der Waals surface area contributed by atoms with Crippen LogP contribution in [0.25, 0.3) is 22.4 Å². The first-order valence-electron chi connectivity index (χ1n) is 14.6. The number of anilines is 1. The number of nitrogens with one attached hydrogen (secondary N) is 1. The van der Waals surface area contributed by atoms with Crippen molar-refractivity contribution in [3.63, 3.8) is 0 Å². The molecule has 216 valence electrons. The van der Waals surface area contributed by atoms with Gasteiger partial charge in [-0.25, -0.2) is 4.79 Å². The second kappa shape index (κ2) is 11.4. The second-order valence-corrected chi connectivity index (χ2v) is 12.6. The van der Waals surface area contributed by atoms with E-state index in [1.165, 1.54) is 0 Å². The lowest BCUT2D eigenvalue weighted by molar-refractivity contribution is -0.0181. The van der Waals surface area contributed by atoms with Gasteiger partial charge in [-0.1, -0.05) is 71.7 Å². The van der Waals surface area contributed by atoms with Crippen LogP contribution in [0.3, 0.4) is 0 Å². The molecule has 7 nitrogen and oxygen atoms in total. The van der Waals surface area contributed by atoms with Crippen LogP contribution in [0.2, 0.25) is 10.0 Å². The molecule has 1 saturated carbocycles. The van der Waals surface area contributed by atoms with Gasteiger partial charge in [0.25, 0.3) is 0 Å². The van der Waals surface area contributed by atoms with E-state index in [9.17, 15) is 4.79 Å². The van der Waals surface area contributed by atoms with E-state index in [0.717, 1.165) is 54.6 Å². The average Bonchev–Trinajstić information content (AvgIpc) is 3.71. The molecule has 0 spiro atoms. The van der Waals surface area contributed by atoms with Crippen LogP contribution in [-0.4, -0.2) is 39.3 Å². The van der Waals surface area contributed by atoms with E-state index >= 15 is 0 Å². The van der Waals surface area contributed by atoms with Gasteiger partial charge >= 0.3 is 6.03 Å². The summed E-state index contributed by atoms with van der Waals surface area (Å²) in [6.07, 6.45) is 8.21. The van der Waals surface area contributed by atoms with Gasteiger partial charge in [0.15, 0.2) is 0 Å². The number of benzene rings is 2. The zero-order chi connectivity index (χ0) is 28.8. The van der Waals surface area contributed by atoms with Crippen LogP contribution >= 0.6 is 23.2 Å². The van der Waals surface area contributed by atoms with Crippen LogP contribution in [0, 0.1) is 5.92 Å². The molecule has 2 aromatic heterocycles. The first-order valence-corrected chi connectivity index (χ1v) is 15.4.